The molecule has 3 rings (SSSR count). The minimum absolute atomic E-state index is 0.0428. The fourth-order valence-electron chi connectivity index (χ4n) is 3.45. The van der Waals surface area contributed by atoms with Crippen LogP contribution >= 0.6 is 0 Å². The van der Waals surface area contributed by atoms with E-state index in [1.54, 1.807) is 24.3 Å². The number of aliphatic hydroxyl groups is 1. The molecule has 1 amide bonds. The van der Waals surface area contributed by atoms with Crippen molar-refractivity contribution in [2.24, 2.45) is 5.92 Å². The Morgan fingerprint density at radius 3 is 2.74 bits per heavy atom. The van der Waals surface area contributed by atoms with Crippen LogP contribution < -0.4 is 10.2 Å². The Morgan fingerprint density at radius 1 is 1.26 bits per heavy atom. The average Bonchev–Trinajstić information content (AvgIpc) is 2.72. The Morgan fingerprint density at radius 2 is 2.04 bits per heavy atom. The molecule has 142 valence electrons. The number of nitrogens with zero attached hydrogens (tertiary/aromatic N) is 2. The molecular formula is C20H23N3O4. The van der Waals surface area contributed by atoms with E-state index >= 15 is 0 Å². The Balaban J connectivity index is 1.67. The molecule has 0 aliphatic carbocycles. The first-order valence-corrected chi connectivity index (χ1v) is 9.05. The maximum absolute atomic E-state index is 12.2. The molecule has 1 heterocycles. The lowest BCUT2D eigenvalue weighted by molar-refractivity contribution is -0.384. The van der Waals surface area contributed by atoms with Crippen molar-refractivity contribution < 1.29 is 14.8 Å². The lowest BCUT2D eigenvalue weighted by Crippen LogP contribution is -2.41. The summed E-state index contributed by atoms with van der Waals surface area (Å²) in [6.07, 6.45) is 1.85. The number of amides is 1. The largest absolute Gasteiger partial charge is 0.392 e. The predicted octanol–water partition coefficient (Wildman–Crippen LogP) is 2.73. The van der Waals surface area contributed by atoms with E-state index in [1.807, 2.05) is 23.1 Å². The first-order valence-electron chi connectivity index (χ1n) is 9.05. The van der Waals surface area contributed by atoms with Crippen LogP contribution in [0.2, 0.25) is 0 Å². The van der Waals surface area contributed by atoms with Crippen LogP contribution in [0, 0.1) is 16.0 Å². The fraction of sp³-hybridized carbons (Fsp3) is 0.350. The van der Waals surface area contributed by atoms with E-state index in [4.69, 9.17) is 0 Å². The van der Waals surface area contributed by atoms with Gasteiger partial charge in [-0.3, -0.25) is 14.9 Å². The van der Waals surface area contributed by atoms with Crippen LogP contribution in [0.1, 0.15) is 28.8 Å². The third kappa shape index (κ3) is 4.62. The molecule has 27 heavy (non-hydrogen) atoms. The van der Waals surface area contributed by atoms with E-state index in [2.05, 4.69) is 5.32 Å². The molecular weight excluding hydrogens is 346 g/mol. The molecule has 0 saturated carbocycles. The first kappa shape index (κ1) is 18.8. The van der Waals surface area contributed by atoms with E-state index in [1.165, 1.54) is 6.07 Å². The second-order valence-corrected chi connectivity index (χ2v) is 6.77. The van der Waals surface area contributed by atoms with Crippen molar-refractivity contribution in [3.05, 3.63) is 69.8 Å². The van der Waals surface area contributed by atoms with E-state index in [-0.39, 0.29) is 24.1 Å². The summed E-state index contributed by atoms with van der Waals surface area (Å²) in [5.74, 6) is 0.102. The second-order valence-electron chi connectivity index (χ2n) is 6.77. The summed E-state index contributed by atoms with van der Waals surface area (Å²) in [7, 11) is 0. The van der Waals surface area contributed by atoms with Gasteiger partial charge in [0.05, 0.1) is 11.5 Å². The number of hydrogen-bond acceptors (Lipinski definition) is 5. The molecule has 1 saturated heterocycles. The number of hydrogen-bond donors (Lipinski definition) is 2. The maximum Gasteiger partial charge on any atom is 0.292 e. The van der Waals surface area contributed by atoms with Gasteiger partial charge < -0.3 is 15.3 Å². The maximum atomic E-state index is 12.2. The molecule has 1 atom stereocenters. The van der Waals surface area contributed by atoms with Crippen LogP contribution in [-0.4, -0.2) is 35.6 Å². The number of aliphatic hydroxyl groups excluding tert-OH is 1. The van der Waals surface area contributed by atoms with Gasteiger partial charge in [0, 0.05) is 31.3 Å². The Bertz CT molecular complexity index is 810. The molecule has 0 bridgehead atoms. The van der Waals surface area contributed by atoms with Crippen molar-refractivity contribution in [3.63, 3.8) is 0 Å². The molecule has 2 aromatic carbocycles. The van der Waals surface area contributed by atoms with Crippen LogP contribution in [-0.2, 0) is 6.61 Å². The van der Waals surface area contributed by atoms with Crippen LogP contribution in [0.4, 0.5) is 11.4 Å². The molecule has 2 N–H and O–H groups in total. The van der Waals surface area contributed by atoms with Gasteiger partial charge in [-0.25, -0.2) is 0 Å². The topological polar surface area (TPSA) is 95.7 Å². The highest BCUT2D eigenvalue weighted by molar-refractivity contribution is 5.94. The molecule has 1 aliphatic heterocycles. The fourth-order valence-corrected chi connectivity index (χ4v) is 3.45. The van der Waals surface area contributed by atoms with Gasteiger partial charge >= 0.3 is 0 Å². The zero-order valence-electron chi connectivity index (χ0n) is 15.0. The smallest absolute Gasteiger partial charge is 0.292 e. The van der Waals surface area contributed by atoms with E-state index in [0.29, 0.717) is 29.9 Å². The van der Waals surface area contributed by atoms with Gasteiger partial charge in [-0.15, -0.1) is 0 Å². The molecule has 1 unspecified atom stereocenters. The molecule has 2 aromatic rings. The summed E-state index contributed by atoms with van der Waals surface area (Å²) in [6.45, 7) is 1.72. The van der Waals surface area contributed by atoms with Gasteiger partial charge in [-0.05, 0) is 48.6 Å². The van der Waals surface area contributed by atoms with Crippen molar-refractivity contribution in [1.29, 1.82) is 0 Å². The molecule has 7 heteroatoms. The van der Waals surface area contributed by atoms with E-state index < -0.39 is 4.92 Å². The van der Waals surface area contributed by atoms with Gasteiger partial charge in [-0.2, -0.15) is 0 Å². The number of carbonyl (C=O) groups is 1. The van der Waals surface area contributed by atoms with Crippen molar-refractivity contribution in [2.45, 2.75) is 19.4 Å². The van der Waals surface area contributed by atoms with Crippen LogP contribution in [0.15, 0.2) is 48.5 Å². The van der Waals surface area contributed by atoms with Crippen molar-refractivity contribution in [2.75, 3.05) is 24.5 Å². The van der Waals surface area contributed by atoms with Gasteiger partial charge in [0.2, 0.25) is 0 Å². The van der Waals surface area contributed by atoms with Gasteiger partial charge in [0.25, 0.3) is 11.6 Å². The normalized spacial score (nSPS) is 16.8. The SMILES string of the molecule is O=C(NCC1CCCN(c2cc(CO)ccc2[N+](=O)[O-])C1)c1ccccc1. The zero-order chi connectivity index (χ0) is 19.2. The van der Waals surface area contributed by atoms with Crippen molar-refractivity contribution >= 4 is 17.3 Å². The number of nitrogens with one attached hydrogen (secondary N) is 1. The Hall–Kier alpha value is -2.93. The lowest BCUT2D eigenvalue weighted by atomic mass is 9.96. The quantitative estimate of drug-likeness (QED) is 0.603. The van der Waals surface area contributed by atoms with Crippen LogP contribution in [0.5, 0.6) is 0 Å². The van der Waals surface area contributed by atoms with Gasteiger partial charge in [-0.1, -0.05) is 18.2 Å². The second kappa shape index (κ2) is 8.64. The summed E-state index contributed by atoms with van der Waals surface area (Å²) in [4.78, 5) is 25.2. The summed E-state index contributed by atoms with van der Waals surface area (Å²) >= 11 is 0. The van der Waals surface area contributed by atoms with Gasteiger partial charge in [0.15, 0.2) is 0 Å². The number of rotatable bonds is 6. The standard InChI is InChI=1S/C20H23N3O4/c24-14-15-8-9-18(23(26)27)19(11-15)22-10-4-5-16(13-22)12-21-20(25)17-6-2-1-3-7-17/h1-3,6-9,11,16,24H,4-5,10,12-14H2,(H,21,25). The minimum Gasteiger partial charge on any atom is -0.392 e. The van der Waals surface area contributed by atoms with Crippen molar-refractivity contribution in [1.82, 2.24) is 5.32 Å². The highest BCUT2D eigenvalue weighted by Gasteiger charge is 2.26. The molecule has 0 aromatic heterocycles. The predicted molar refractivity (Wildman–Crippen MR) is 103 cm³/mol. The minimum atomic E-state index is -0.392. The molecule has 1 aliphatic rings. The molecule has 7 nitrogen and oxygen atoms in total. The summed E-state index contributed by atoms with van der Waals surface area (Å²) in [5.41, 5.74) is 1.85. The molecule has 0 radical (unpaired) electrons. The number of nitro groups is 1. The van der Waals surface area contributed by atoms with Gasteiger partial charge in [0.1, 0.15) is 5.69 Å². The molecule has 1 fully saturated rings. The number of nitro benzene ring substituents is 1. The highest BCUT2D eigenvalue weighted by Crippen LogP contribution is 2.32. The number of carbonyl (C=O) groups excluding carboxylic acids is 1. The Kier molecular flexibility index (Phi) is 6.03. The number of anilines is 1. The number of benzene rings is 2. The van der Waals surface area contributed by atoms with Crippen LogP contribution in [0.25, 0.3) is 0 Å². The third-order valence-corrected chi connectivity index (χ3v) is 4.87. The zero-order valence-corrected chi connectivity index (χ0v) is 15.0. The van der Waals surface area contributed by atoms with E-state index in [9.17, 15) is 20.0 Å². The third-order valence-electron chi connectivity index (χ3n) is 4.87. The Labute approximate surface area is 157 Å². The van der Waals surface area contributed by atoms with Crippen LogP contribution in [0.3, 0.4) is 0 Å². The van der Waals surface area contributed by atoms with Crippen molar-refractivity contribution in [3.8, 4) is 0 Å². The number of piperidine rings is 1. The summed E-state index contributed by atoms with van der Waals surface area (Å²) in [5, 5.41) is 23.7. The lowest BCUT2D eigenvalue weighted by Gasteiger charge is -2.34. The highest BCUT2D eigenvalue weighted by atomic mass is 16.6. The summed E-state index contributed by atoms with van der Waals surface area (Å²) < 4.78 is 0. The molecule has 0 spiro atoms. The monoisotopic (exact) mass is 369 g/mol. The first-order chi connectivity index (χ1) is 13.1. The van der Waals surface area contributed by atoms with E-state index in [0.717, 1.165) is 19.4 Å². The summed E-state index contributed by atoms with van der Waals surface area (Å²) in [6, 6.07) is 13.8. The average molecular weight is 369 g/mol.